The van der Waals surface area contributed by atoms with Gasteiger partial charge in [0.2, 0.25) is 5.91 Å². The Morgan fingerprint density at radius 2 is 2.03 bits per heavy atom. The average Bonchev–Trinajstić information content (AvgIpc) is 3.31. The third-order valence-electron chi connectivity index (χ3n) is 5.88. The van der Waals surface area contributed by atoms with Crippen molar-refractivity contribution >= 4 is 34.4 Å². The van der Waals surface area contributed by atoms with Crippen LogP contribution in [0.5, 0.6) is 0 Å². The van der Waals surface area contributed by atoms with Crippen molar-refractivity contribution in [2.24, 2.45) is 0 Å². The number of aryl methyl sites for hydroxylation is 2. The fourth-order valence-corrected chi connectivity index (χ4v) is 5.12. The Hall–Kier alpha value is -3.20. The largest absolute Gasteiger partial charge is 0.323 e. The van der Waals surface area contributed by atoms with E-state index in [4.69, 9.17) is 0 Å². The number of aromatic nitrogens is 5. The van der Waals surface area contributed by atoms with Gasteiger partial charge in [0.25, 0.3) is 0 Å². The van der Waals surface area contributed by atoms with Gasteiger partial charge in [0, 0.05) is 25.1 Å². The fraction of sp³-hybridized carbons (Fsp3) is 0.333. The molecule has 4 aromatic rings. The summed E-state index contributed by atoms with van der Waals surface area (Å²) in [5, 5.41) is 12.2. The second kappa shape index (κ2) is 9.35. The summed E-state index contributed by atoms with van der Waals surface area (Å²) < 4.78 is 18.7. The van der Waals surface area contributed by atoms with Crippen molar-refractivity contribution in [2.75, 3.05) is 11.1 Å². The lowest BCUT2D eigenvalue weighted by molar-refractivity contribution is -0.113. The summed E-state index contributed by atoms with van der Waals surface area (Å²) in [6.07, 6.45) is 4.24. The van der Waals surface area contributed by atoms with E-state index in [1.807, 2.05) is 31.2 Å². The van der Waals surface area contributed by atoms with Gasteiger partial charge in [0.1, 0.15) is 11.6 Å². The van der Waals surface area contributed by atoms with Crippen LogP contribution in [0.4, 0.5) is 10.1 Å². The summed E-state index contributed by atoms with van der Waals surface area (Å²) in [5.41, 5.74) is 2.82. The van der Waals surface area contributed by atoms with Gasteiger partial charge >= 0.3 is 0 Å². The fourth-order valence-electron chi connectivity index (χ4n) is 4.24. The quantitative estimate of drug-likeness (QED) is 0.410. The van der Waals surface area contributed by atoms with E-state index in [-0.39, 0.29) is 17.3 Å². The molecule has 0 spiro atoms. The highest BCUT2D eigenvalue weighted by Gasteiger charge is 2.18. The van der Waals surface area contributed by atoms with Gasteiger partial charge in [-0.1, -0.05) is 30.3 Å². The van der Waals surface area contributed by atoms with E-state index in [0.717, 1.165) is 66.4 Å². The molecule has 9 heteroatoms. The van der Waals surface area contributed by atoms with Crippen LogP contribution in [0.15, 0.2) is 47.6 Å². The number of imidazole rings is 1. The molecule has 0 bridgehead atoms. The molecule has 0 saturated heterocycles. The van der Waals surface area contributed by atoms with E-state index in [1.54, 1.807) is 12.1 Å². The lowest BCUT2D eigenvalue weighted by atomic mass is 10.1. The Labute approximate surface area is 195 Å². The maximum absolute atomic E-state index is 14.5. The maximum Gasteiger partial charge on any atom is 0.234 e. The summed E-state index contributed by atoms with van der Waals surface area (Å²) in [4.78, 5) is 17.3. The van der Waals surface area contributed by atoms with Gasteiger partial charge < -0.3 is 14.5 Å². The molecular weight excluding hydrogens is 439 g/mol. The molecule has 170 valence electrons. The van der Waals surface area contributed by atoms with E-state index in [9.17, 15) is 9.18 Å². The second-order valence-corrected chi connectivity index (χ2v) is 9.00. The molecule has 0 saturated carbocycles. The zero-order valence-electron chi connectivity index (χ0n) is 18.4. The van der Waals surface area contributed by atoms with Crippen molar-refractivity contribution < 1.29 is 9.18 Å². The number of anilines is 1. The summed E-state index contributed by atoms with van der Waals surface area (Å²) in [5.74, 6) is 1.05. The van der Waals surface area contributed by atoms with Crippen LogP contribution < -0.4 is 5.32 Å². The van der Waals surface area contributed by atoms with Crippen LogP contribution in [0, 0.1) is 5.82 Å². The normalized spacial score (nSPS) is 13.6. The Balaban J connectivity index is 1.32. The van der Waals surface area contributed by atoms with Crippen molar-refractivity contribution in [3.8, 4) is 11.4 Å². The summed E-state index contributed by atoms with van der Waals surface area (Å²) in [6, 6.07) is 12.6. The van der Waals surface area contributed by atoms with Crippen LogP contribution in [-0.4, -0.2) is 36.0 Å². The molecule has 7 nitrogen and oxygen atoms in total. The highest BCUT2D eigenvalue weighted by molar-refractivity contribution is 7.99. The number of halogens is 1. The van der Waals surface area contributed by atoms with Crippen LogP contribution in [0.25, 0.3) is 22.4 Å². The van der Waals surface area contributed by atoms with Crippen LogP contribution in [0.3, 0.4) is 0 Å². The number of carbonyl (C=O) groups excluding carboxylic acids is 1. The lowest BCUT2D eigenvalue weighted by Crippen LogP contribution is -2.16. The smallest absolute Gasteiger partial charge is 0.234 e. The summed E-state index contributed by atoms with van der Waals surface area (Å²) >= 11 is 1.34. The molecule has 1 aliphatic heterocycles. The molecule has 1 N–H and O–H groups in total. The minimum atomic E-state index is -0.478. The SMILES string of the molecule is CCn1c(SCC(=O)Nc2cc(-c3nnc4n3CCCCC4)ccc2F)nc2ccccc21. The monoisotopic (exact) mass is 464 g/mol. The third-order valence-corrected chi connectivity index (χ3v) is 6.85. The zero-order valence-corrected chi connectivity index (χ0v) is 19.2. The predicted molar refractivity (Wildman–Crippen MR) is 128 cm³/mol. The minimum absolute atomic E-state index is 0.132. The Bertz CT molecular complexity index is 1310. The predicted octanol–water partition coefficient (Wildman–Crippen LogP) is 4.91. The molecule has 0 radical (unpaired) electrons. The Morgan fingerprint density at radius 1 is 1.15 bits per heavy atom. The molecule has 0 fully saturated rings. The first-order chi connectivity index (χ1) is 16.1. The van der Waals surface area contributed by atoms with E-state index in [2.05, 4.69) is 29.6 Å². The topological polar surface area (TPSA) is 77.6 Å². The summed E-state index contributed by atoms with van der Waals surface area (Å²) in [6.45, 7) is 3.65. The highest BCUT2D eigenvalue weighted by Crippen LogP contribution is 2.28. The first-order valence-corrected chi connectivity index (χ1v) is 12.2. The van der Waals surface area contributed by atoms with E-state index in [0.29, 0.717) is 5.82 Å². The second-order valence-electron chi connectivity index (χ2n) is 8.06. The third kappa shape index (κ3) is 4.37. The number of rotatable bonds is 6. The molecule has 5 rings (SSSR count). The van der Waals surface area contributed by atoms with Gasteiger partial charge in [-0.2, -0.15) is 0 Å². The lowest BCUT2D eigenvalue weighted by Gasteiger charge is -2.11. The summed E-state index contributed by atoms with van der Waals surface area (Å²) in [7, 11) is 0. The zero-order chi connectivity index (χ0) is 22.8. The van der Waals surface area contributed by atoms with Gasteiger partial charge in [0.15, 0.2) is 11.0 Å². The van der Waals surface area contributed by atoms with E-state index < -0.39 is 5.82 Å². The van der Waals surface area contributed by atoms with Crippen LogP contribution in [0.2, 0.25) is 0 Å². The molecule has 1 aliphatic rings. The Morgan fingerprint density at radius 3 is 2.91 bits per heavy atom. The van der Waals surface area contributed by atoms with Gasteiger partial charge in [0.05, 0.1) is 22.5 Å². The molecule has 3 heterocycles. The number of hydrogen-bond donors (Lipinski definition) is 1. The van der Waals surface area contributed by atoms with E-state index in [1.165, 1.54) is 17.8 Å². The number of carbonyl (C=O) groups is 1. The molecule has 1 amide bonds. The van der Waals surface area contributed by atoms with Crippen LogP contribution in [0.1, 0.15) is 32.0 Å². The van der Waals surface area contributed by atoms with Crippen molar-refractivity contribution in [3.05, 3.63) is 54.1 Å². The molecular formula is C24H25FN6OS. The van der Waals surface area contributed by atoms with Crippen molar-refractivity contribution in [1.82, 2.24) is 24.3 Å². The average molecular weight is 465 g/mol. The van der Waals surface area contributed by atoms with E-state index >= 15 is 0 Å². The van der Waals surface area contributed by atoms with Crippen molar-refractivity contribution in [1.29, 1.82) is 0 Å². The number of nitrogens with zero attached hydrogens (tertiary/aromatic N) is 5. The standard InChI is InChI=1S/C24H25FN6OS/c1-2-30-20-9-6-5-8-18(20)27-24(30)33-15-22(32)26-19-14-16(11-12-17(19)25)23-29-28-21-10-4-3-7-13-31(21)23/h5-6,8-9,11-12,14H,2-4,7,10,13,15H2,1H3,(H,26,32). The number of benzene rings is 2. The van der Waals surface area contributed by atoms with Crippen LogP contribution >= 0.6 is 11.8 Å². The number of para-hydroxylation sites is 2. The highest BCUT2D eigenvalue weighted by atomic mass is 32.2. The van der Waals surface area contributed by atoms with Crippen molar-refractivity contribution in [2.45, 2.75) is 50.9 Å². The van der Waals surface area contributed by atoms with Gasteiger partial charge in [-0.05, 0) is 50.1 Å². The molecule has 0 unspecified atom stereocenters. The first kappa shape index (κ1) is 21.6. The minimum Gasteiger partial charge on any atom is -0.323 e. The van der Waals surface area contributed by atoms with Crippen LogP contribution in [-0.2, 0) is 24.3 Å². The number of nitrogens with one attached hydrogen (secondary N) is 1. The number of hydrogen-bond acceptors (Lipinski definition) is 5. The Kier molecular flexibility index (Phi) is 6.13. The number of fused-ring (bicyclic) bond motifs is 2. The van der Waals surface area contributed by atoms with Gasteiger partial charge in [-0.3, -0.25) is 4.79 Å². The van der Waals surface area contributed by atoms with Gasteiger partial charge in [-0.25, -0.2) is 9.37 Å². The molecule has 2 aromatic carbocycles. The number of thioether (sulfide) groups is 1. The molecule has 2 aromatic heterocycles. The van der Waals surface area contributed by atoms with Gasteiger partial charge in [-0.15, -0.1) is 10.2 Å². The molecule has 0 atom stereocenters. The first-order valence-electron chi connectivity index (χ1n) is 11.2. The van der Waals surface area contributed by atoms with Crippen molar-refractivity contribution in [3.63, 3.8) is 0 Å². The number of amides is 1. The molecule has 0 aliphatic carbocycles. The maximum atomic E-state index is 14.5. The molecule has 33 heavy (non-hydrogen) atoms.